The van der Waals surface area contributed by atoms with Crippen LogP contribution in [0.5, 0.6) is 0 Å². The predicted octanol–water partition coefficient (Wildman–Crippen LogP) is 3.48. The zero-order chi connectivity index (χ0) is 11.1. The first-order valence-corrected chi connectivity index (χ1v) is 6.48. The van der Waals surface area contributed by atoms with Crippen molar-refractivity contribution in [3.63, 3.8) is 0 Å². The van der Waals surface area contributed by atoms with E-state index >= 15 is 0 Å². The van der Waals surface area contributed by atoms with E-state index in [1.54, 1.807) is 0 Å². The van der Waals surface area contributed by atoms with Gasteiger partial charge in [0.1, 0.15) is 0 Å². The Balaban J connectivity index is 2.16. The van der Waals surface area contributed by atoms with Crippen molar-refractivity contribution in [3.8, 4) is 0 Å². The van der Waals surface area contributed by atoms with Crippen molar-refractivity contribution in [1.29, 1.82) is 0 Å². The highest BCUT2D eigenvalue weighted by Gasteiger charge is 2.09. The molecule has 0 fully saturated rings. The number of nitrogens with one attached hydrogen (secondary N) is 1. The molecule has 2 atom stereocenters. The minimum atomic E-state index is 0.572. The molecule has 84 valence electrons. The van der Waals surface area contributed by atoms with Crippen molar-refractivity contribution >= 4 is 11.3 Å². The van der Waals surface area contributed by atoms with Gasteiger partial charge in [-0.1, -0.05) is 19.1 Å². The largest absolute Gasteiger partial charge is 0.314 e. The highest BCUT2D eigenvalue weighted by atomic mass is 32.1. The number of hydrogen-bond acceptors (Lipinski definition) is 2. The summed E-state index contributed by atoms with van der Waals surface area (Å²) >= 11 is 1.84. The molecule has 1 heterocycles. The first-order chi connectivity index (χ1) is 7.24. The average molecular weight is 223 g/mol. The maximum Gasteiger partial charge on any atom is 0.00674 e. The Hall–Kier alpha value is -0.600. The molecule has 15 heavy (non-hydrogen) atoms. The van der Waals surface area contributed by atoms with Crippen molar-refractivity contribution in [1.82, 2.24) is 5.32 Å². The van der Waals surface area contributed by atoms with Crippen LogP contribution in [0.1, 0.15) is 25.1 Å². The van der Waals surface area contributed by atoms with Crippen LogP contribution >= 0.6 is 11.3 Å². The van der Waals surface area contributed by atoms with Crippen LogP contribution in [0.25, 0.3) is 0 Å². The molecule has 0 aliphatic heterocycles. The molecule has 1 aromatic heterocycles. The van der Waals surface area contributed by atoms with Gasteiger partial charge in [0.25, 0.3) is 0 Å². The van der Waals surface area contributed by atoms with Gasteiger partial charge in [0.2, 0.25) is 0 Å². The first kappa shape index (κ1) is 12.5. The predicted molar refractivity (Wildman–Crippen MR) is 69.5 cm³/mol. The molecule has 2 heteroatoms. The lowest BCUT2D eigenvalue weighted by atomic mass is 10.00. The van der Waals surface area contributed by atoms with E-state index in [9.17, 15) is 0 Å². The van der Waals surface area contributed by atoms with Gasteiger partial charge < -0.3 is 5.32 Å². The van der Waals surface area contributed by atoms with Crippen LogP contribution in [0, 0.1) is 5.92 Å². The number of hydrogen-bond donors (Lipinski definition) is 1. The third-order valence-corrected chi connectivity index (χ3v) is 3.75. The highest BCUT2D eigenvalue weighted by Crippen LogP contribution is 2.10. The number of rotatable bonds is 7. The second-order valence-electron chi connectivity index (χ2n) is 4.07. The molecule has 1 aromatic rings. The maximum atomic E-state index is 3.78. The smallest absolute Gasteiger partial charge is 0.00674 e. The van der Waals surface area contributed by atoms with E-state index in [2.05, 4.69) is 43.3 Å². The lowest BCUT2D eigenvalue weighted by Gasteiger charge is -2.19. The monoisotopic (exact) mass is 223 g/mol. The van der Waals surface area contributed by atoms with Gasteiger partial charge >= 0.3 is 0 Å². The molecular weight excluding hydrogens is 202 g/mol. The quantitative estimate of drug-likeness (QED) is 0.698. The summed E-state index contributed by atoms with van der Waals surface area (Å²) in [7, 11) is 0. The van der Waals surface area contributed by atoms with Gasteiger partial charge in [-0.05, 0) is 37.1 Å². The molecule has 2 unspecified atom stereocenters. The minimum Gasteiger partial charge on any atom is -0.314 e. The van der Waals surface area contributed by atoms with Gasteiger partial charge in [0.05, 0.1) is 0 Å². The number of thiophene rings is 1. The Morgan fingerprint density at radius 2 is 2.33 bits per heavy atom. The summed E-state index contributed by atoms with van der Waals surface area (Å²) in [6.07, 6.45) is 4.23. The van der Waals surface area contributed by atoms with Crippen molar-refractivity contribution in [3.05, 3.63) is 35.0 Å². The Labute approximate surface area is 97.2 Å². The molecule has 1 rings (SSSR count). The minimum absolute atomic E-state index is 0.572. The average Bonchev–Trinajstić information content (AvgIpc) is 2.71. The fourth-order valence-corrected chi connectivity index (χ4v) is 2.26. The Morgan fingerprint density at radius 3 is 2.93 bits per heavy atom. The molecule has 0 aliphatic rings. The second kappa shape index (κ2) is 6.81. The summed E-state index contributed by atoms with van der Waals surface area (Å²) in [5, 5.41) is 5.70. The van der Waals surface area contributed by atoms with E-state index < -0.39 is 0 Å². The summed E-state index contributed by atoms with van der Waals surface area (Å²) in [5.74, 6) is 0.672. The Kier molecular flexibility index (Phi) is 5.66. The van der Waals surface area contributed by atoms with Crippen LogP contribution < -0.4 is 5.32 Å². The first-order valence-electron chi connectivity index (χ1n) is 5.60. The second-order valence-corrected chi connectivity index (χ2v) is 5.11. The van der Waals surface area contributed by atoms with Gasteiger partial charge in [-0.15, -0.1) is 17.9 Å². The van der Waals surface area contributed by atoms with Gasteiger partial charge in [-0.3, -0.25) is 0 Å². The van der Waals surface area contributed by atoms with Crippen molar-refractivity contribution in [2.75, 3.05) is 6.54 Å². The third-order valence-electron chi connectivity index (χ3n) is 2.81. The van der Waals surface area contributed by atoms with Crippen LogP contribution in [-0.4, -0.2) is 12.6 Å². The zero-order valence-corrected chi connectivity index (χ0v) is 10.5. The molecule has 0 aliphatic carbocycles. The topological polar surface area (TPSA) is 12.0 Å². The molecule has 0 saturated carbocycles. The van der Waals surface area contributed by atoms with Crippen molar-refractivity contribution < 1.29 is 0 Å². The van der Waals surface area contributed by atoms with E-state index in [0.29, 0.717) is 12.0 Å². The fourth-order valence-electron chi connectivity index (χ4n) is 1.55. The van der Waals surface area contributed by atoms with Crippen LogP contribution in [0.4, 0.5) is 0 Å². The molecular formula is C13H21NS. The summed E-state index contributed by atoms with van der Waals surface area (Å²) in [6.45, 7) is 9.37. The Bertz CT molecular complexity index is 266. The molecule has 0 radical (unpaired) electrons. The molecule has 0 aromatic carbocycles. The summed E-state index contributed by atoms with van der Waals surface area (Å²) in [6, 6.07) is 4.89. The molecule has 0 spiro atoms. The highest BCUT2D eigenvalue weighted by molar-refractivity contribution is 7.09. The molecule has 0 amide bonds. The standard InChI is InChI=1S/C13H21NS/c1-4-6-11(2)12(3)14-9-8-13-7-5-10-15-13/h4-5,7,10-12,14H,1,6,8-9H2,2-3H3. The SMILES string of the molecule is C=CCC(C)C(C)NCCc1cccs1. The van der Waals surface area contributed by atoms with Gasteiger partial charge in [-0.2, -0.15) is 0 Å². The molecule has 0 saturated heterocycles. The van der Waals surface area contributed by atoms with Crippen LogP contribution in [0.3, 0.4) is 0 Å². The maximum absolute atomic E-state index is 3.78. The summed E-state index contributed by atoms with van der Waals surface area (Å²) in [4.78, 5) is 1.46. The molecule has 1 nitrogen and oxygen atoms in total. The van der Waals surface area contributed by atoms with Crippen molar-refractivity contribution in [2.45, 2.75) is 32.7 Å². The van der Waals surface area contributed by atoms with Gasteiger partial charge in [-0.25, -0.2) is 0 Å². The number of allylic oxidation sites excluding steroid dienone is 1. The van der Waals surface area contributed by atoms with E-state index in [-0.39, 0.29) is 0 Å². The Morgan fingerprint density at radius 1 is 1.53 bits per heavy atom. The van der Waals surface area contributed by atoms with E-state index in [4.69, 9.17) is 0 Å². The van der Waals surface area contributed by atoms with Gasteiger partial charge in [0.15, 0.2) is 0 Å². The third kappa shape index (κ3) is 4.63. The van der Waals surface area contributed by atoms with Crippen LogP contribution in [-0.2, 0) is 6.42 Å². The molecule has 0 bridgehead atoms. The zero-order valence-electron chi connectivity index (χ0n) is 9.70. The lowest BCUT2D eigenvalue weighted by Crippen LogP contribution is -2.33. The van der Waals surface area contributed by atoms with Gasteiger partial charge in [0, 0.05) is 17.5 Å². The van der Waals surface area contributed by atoms with Crippen LogP contribution in [0.15, 0.2) is 30.2 Å². The lowest BCUT2D eigenvalue weighted by molar-refractivity contribution is 0.406. The van der Waals surface area contributed by atoms with E-state index in [1.165, 1.54) is 4.88 Å². The van der Waals surface area contributed by atoms with Crippen LogP contribution in [0.2, 0.25) is 0 Å². The van der Waals surface area contributed by atoms with E-state index in [0.717, 1.165) is 19.4 Å². The summed E-state index contributed by atoms with van der Waals surface area (Å²) < 4.78 is 0. The fraction of sp³-hybridized carbons (Fsp3) is 0.538. The molecule has 1 N–H and O–H groups in total. The van der Waals surface area contributed by atoms with Crippen molar-refractivity contribution in [2.24, 2.45) is 5.92 Å². The summed E-state index contributed by atoms with van der Waals surface area (Å²) in [5.41, 5.74) is 0. The van der Waals surface area contributed by atoms with E-state index in [1.807, 2.05) is 17.4 Å². The normalized spacial score (nSPS) is 14.8.